The van der Waals surface area contributed by atoms with Gasteiger partial charge in [-0.3, -0.25) is 5.10 Å². The van der Waals surface area contributed by atoms with Crippen LogP contribution in [0.25, 0.3) is 0 Å². The number of sulfonamides is 1. The van der Waals surface area contributed by atoms with Crippen molar-refractivity contribution in [3.8, 4) is 0 Å². The summed E-state index contributed by atoms with van der Waals surface area (Å²) in [5.74, 6) is 0.653. The molecule has 2 rings (SSSR count). The fourth-order valence-corrected chi connectivity index (χ4v) is 4.68. The number of aromatic nitrogens is 2. The van der Waals surface area contributed by atoms with Crippen molar-refractivity contribution in [3.63, 3.8) is 0 Å². The molecule has 7 heteroatoms. The standard InChI is InChI=1S/C12H21N3O3S/c1-8-4-9(2)10(3)15(6-8)19(17,18)12-11(7-16)5-13-14-12/h5,8-10,16H,4,6-7H2,1-3H3,(H,13,14). The molecule has 0 aromatic carbocycles. The third-order valence-corrected chi connectivity index (χ3v) is 5.93. The highest BCUT2D eigenvalue weighted by molar-refractivity contribution is 7.89. The van der Waals surface area contributed by atoms with E-state index < -0.39 is 10.0 Å². The Labute approximate surface area is 113 Å². The van der Waals surface area contributed by atoms with Crippen molar-refractivity contribution < 1.29 is 13.5 Å². The van der Waals surface area contributed by atoms with Crippen LogP contribution in [0.4, 0.5) is 0 Å². The van der Waals surface area contributed by atoms with E-state index in [0.29, 0.717) is 23.9 Å². The van der Waals surface area contributed by atoms with Crippen molar-refractivity contribution in [2.24, 2.45) is 11.8 Å². The summed E-state index contributed by atoms with van der Waals surface area (Å²) in [5.41, 5.74) is 0.318. The predicted molar refractivity (Wildman–Crippen MR) is 70.8 cm³/mol. The summed E-state index contributed by atoms with van der Waals surface area (Å²) in [4.78, 5) is 0. The van der Waals surface area contributed by atoms with Gasteiger partial charge in [0.2, 0.25) is 0 Å². The molecule has 108 valence electrons. The Morgan fingerprint density at radius 1 is 1.47 bits per heavy atom. The van der Waals surface area contributed by atoms with Gasteiger partial charge in [0.1, 0.15) is 0 Å². The number of nitrogens with zero attached hydrogens (tertiary/aromatic N) is 2. The lowest BCUT2D eigenvalue weighted by molar-refractivity contribution is 0.157. The molecule has 1 aromatic rings. The number of aromatic amines is 1. The van der Waals surface area contributed by atoms with Gasteiger partial charge >= 0.3 is 0 Å². The second-order valence-electron chi connectivity index (χ2n) is 5.52. The monoisotopic (exact) mass is 287 g/mol. The first-order chi connectivity index (χ1) is 8.87. The van der Waals surface area contributed by atoms with E-state index in [1.807, 2.05) is 6.92 Å². The molecular weight excluding hydrogens is 266 g/mol. The summed E-state index contributed by atoms with van der Waals surface area (Å²) in [5, 5.41) is 15.4. The normalized spacial score (nSPS) is 29.6. The zero-order valence-electron chi connectivity index (χ0n) is 11.5. The Morgan fingerprint density at radius 2 is 2.16 bits per heavy atom. The van der Waals surface area contributed by atoms with Crippen LogP contribution >= 0.6 is 0 Å². The number of piperidine rings is 1. The van der Waals surface area contributed by atoms with Crippen molar-refractivity contribution in [2.45, 2.75) is 44.9 Å². The van der Waals surface area contributed by atoms with Crippen LogP contribution < -0.4 is 0 Å². The van der Waals surface area contributed by atoms with E-state index in [1.54, 1.807) is 0 Å². The highest BCUT2D eigenvalue weighted by atomic mass is 32.2. The van der Waals surface area contributed by atoms with E-state index in [1.165, 1.54) is 10.5 Å². The van der Waals surface area contributed by atoms with E-state index >= 15 is 0 Å². The Kier molecular flexibility index (Phi) is 3.98. The lowest BCUT2D eigenvalue weighted by Crippen LogP contribution is -2.48. The first-order valence-electron chi connectivity index (χ1n) is 6.52. The van der Waals surface area contributed by atoms with E-state index in [2.05, 4.69) is 24.0 Å². The topological polar surface area (TPSA) is 86.3 Å². The number of H-pyrrole nitrogens is 1. The van der Waals surface area contributed by atoms with Crippen LogP contribution in [0.3, 0.4) is 0 Å². The van der Waals surface area contributed by atoms with Crippen LogP contribution in [0.15, 0.2) is 11.2 Å². The number of rotatable bonds is 3. The minimum atomic E-state index is -3.62. The van der Waals surface area contributed by atoms with Gasteiger partial charge in [-0.15, -0.1) is 0 Å². The molecule has 2 N–H and O–H groups in total. The minimum absolute atomic E-state index is 0.0168. The van der Waals surface area contributed by atoms with Gasteiger partial charge in [-0.1, -0.05) is 13.8 Å². The maximum Gasteiger partial charge on any atom is 0.260 e. The number of hydrogen-bond donors (Lipinski definition) is 2. The summed E-state index contributed by atoms with van der Waals surface area (Å²) >= 11 is 0. The van der Waals surface area contributed by atoms with Crippen molar-refractivity contribution in [1.29, 1.82) is 0 Å². The second-order valence-corrected chi connectivity index (χ2v) is 7.34. The van der Waals surface area contributed by atoms with Crippen molar-refractivity contribution in [1.82, 2.24) is 14.5 Å². The molecule has 1 saturated heterocycles. The van der Waals surface area contributed by atoms with Crippen molar-refractivity contribution in [2.75, 3.05) is 6.54 Å². The zero-order valence-corrected chi connectivity index (χ0v) is 12.3. The van der Waals surface area contributed by atoms with E-state index in [9.17, 15) is 13.5 Å². The summed E-state index contributed by atoms with van der Waals surface area (Å²) in [6.07, 6.45) is 2.39. The molecule has 1 aliphatic rings. The van der Waals surface area contributed by atoms with E-state index in [-0.39, 0.29) is 17.7 Å². The highest BCUT2D eigenvalue weighted by Crippen LogP contribution is 2.31. The highest BCUT2D eigenvalue weighted by Gasteiger charge is 2.38. The largest absolute Gasteiger partial charge is 0.392 e. The quantitative estimate of drug-likeness (QED) is 0.867. The SMILES string of the molecule is CC1CC(C)C(C)N(S(=O)(=O)c2[nH]ncc2CO)C1. The van der Waals surface area contributed by atoms with Gasteiger partial charge < -0.3 is 5.11 Å². The third kappa shape index (κ3) is 2.54. The average molecular weight is 287 g/mol. The second kappa shape index (κ2) is 5.22. The molecule has 1 aliphatic heterocycles. The maximum absolute atomic E-state index is 12.7. The molecule has 19 heavy (non-hydrogen) atoms. The van der Waals surface area contributed by atoms with Crippen molar-refractivity contribution >= 4 is 10.0 Å². The molecule has 3 unspecified atom stereocenters. The molecule has 6 nitrogen and oxygen atoms in total. The van der Waals surface area contributed by atoms with Gasteiger partial charge in [0.25, 0.3) is 10.0 Å². The molecule has 3 atom stereocenters. The summed E-state index contributed by atoms with van der Waals surface area (Å²) < 4.78 is 26.9. The van der Waals surface area contributed by atoms with Crippen LogP contribution in [0.2, 0.25) is 0 Å². The first kappa shape index (κ1) is 14.5. The van der Waals surface area contributed by atoms with Crippen LogP contribution in [0, 0.1) is 11.8 Å². The molecule has 2 heterocycles. The van der Waals surface area contributed by atoms with Crippen LogP contribution in [0.5, 0.6) is 0 Å². The Balaban J connectivity index is 2.38. The summed E-state index contributed by atoms with van der Waals surface area (Å²) in [7, 11) is -3.62. The molecule has 0 radical (unpaired) electrons. The number of hydrogen-bond acceptors (Lipinski definition) is 4. The summed E-state index contributed by atoms with van der Waals surface area (Å²) in [6.45, 7) is 6.24. The fourth-order valence-electron chi connectivity index (χ4n) is 2.73. The van der Waals surface area contributed by atoms with Crippen molar-refractivity contribution in [3.05, 3.63) is 11.8 Å². The van der Waals surface area contributed by atoms with Gasteiger partial charge in [-0.25, -0.2) is 8.42 Å². The zero-order chi connectivity index (χ0) is 14.2. The molecule has 0 bridgehead atoms. The van der Waals surface area contributed by atoms with Crippen LogP contribution in [-0.2, 0) is 16.6 Å². The van der Waals surface area contributed by atoms with Gasteiger partial charge in [-0.2, -0.15) is 9.40 Å². The third-order valence-electron chi connectivity index (χ3n) is 3.96. The molecule has 0 amide bonds. The Bertz CT molecular complexity index is 540. The number of nitrogens with one attached hydrogen (secondary N) is 1. The molecular formula is C12H21N3O3S. The molecule has 0 aliphatic carbocycles. The lowest BCUT2D eigenvalue weighted by Gasteiger charge is -2.39. The maximum atomic E-state index is 12.7. The van der Waals surface area contributed by atoms with Gasteiger partial charge in [0.15, 0.2) is 5.03 Å². The Morgan fingerprint density at radius 3 is 2.79 bits per heavy atom. The fraction of sp³-hybridized carbons (Fsp3) is 0.750. The van der Waals surface area contributed by atoms with Gasteiger partial charge in [-0.05, 0) is 25.2 Å². The Hall–Kier alpha value is -0.920. The smallest absolute Gasteiger partial charge is 0.260 e. The number of aliphatic hydroxyl groups is 1. The molecule has 1 fully saturated rings. The van der Waals surface area contributed by atoms with Crippen LogP contribution in [-0.4, -0.2) is 40.6 Å². The number of aliphatic hydroxyl groups excluding tert-OH is 1. The van der Waals surface area contributed by atoms with Crippen LogP contribution in [0.1, 0.15) is 32.8 Å². The van der Waals surface area contributed by atoms with Gasteiger partial charge in [0.05, 0.1) is 12.8 Å². The average Bonchev–Trinajstić information content (AvgIpc) is 2.82. The summed E-state index contributed by atoms with van der Waals surface area (Å²) in [6, 6.07) is -0.0453. The molecule has 0 saturated carbocycles. The van der Waals surface area contributed by atoms with E-state index in [0.717, 1.165) is 6.42 Å². The molecule has 1 aromatic heterocycles. The predicted octanol–water partition coefficient (Wildman–Crippen LogP) is 0.957. The lowest BCUT2D eigenvalue weighted by atomic mass is 9.88. The van der Waals surface area contributed by atoms with E-state index in [4.69, 9.17) is 0 Å². The van der Waals surface area contributed by atoms with Gasteiger partial charge in [0, 0.05) is 18.2 Å². The molecule has 0 spiro atoms. The minimum Gasteiger partial charge on any atom is -0.392 e. The first-order valence-corrected chi connectivity index (χ1v) is 7.96.